The average Bonchev–Trinajstić information content (AvgIpc) is 2.38. The molecular weight excluding hydrogens is 258 g/mol. The third kappa shape index (κ3) is 8.17. The van der Waals surface area contributed by atoms with Crippen molar-refractivity contribution in [1.82, 2.24) is 5.32 Å². The summed E-state index contributed by atoms with van der Waals surface area (Å²) in [5, 5.41) is 2.50. The van der Waals surface area contributed by atoms with Crippen LogP contribution in [0.15, 0.2) is 0 Å². The zero-order chi connectivity index (χ0) is 13.8. The topological polar surface area (TPSA) is 64.6 Å². The maximum atomic E-state index is 11.7. The van der Waals surface area contributed by atoms with Gasteiger partial charge in [0.05, 0.1) is 12.5 Å². The highest BCUT2D eigenvalue weighted by molar-refractivity contribution is 6.18. The van der Waals surface area contributed by atoms with Crippen LogP contribution in [0.2, 0.25) is 0 Å². The Balaban J connectivity index is 4.19. The second kappa shape index (κ2) is 11.1. The highest BCUT2D eigenvalue weighted by atomic mass is 35.5. The van der Waals surface area contributed by atoms with Crippen LogP contribution >= 0.6 is 11.6 Å². The first-order valence-electron chi connectivity index (χ1n) is 6.31. The third-order valence-electron chi connectivity index (χ3n) is 2.18. The van der Waals surface area contributed by atoms with Gasteiger partial charge in [-0.15, -0.1) is 11.6 Å². The van der Waals surface area contributed by atoms with Crippen molar-refractivity contribution in [3.05, 3.63) is 0 Å². The first-order valence-corrected chi connectivity index (χ1v) is 6.85. The van der Waals surface area contributed by atoms with Crippen LogP contribution in [-0.4, -0.2) is 37.2 Å². The number of ether oxygens (including phenoxy) is 2. The molecule has 0 aliphatic carbocycles. The molecule has 1 unspecified atom stereocenters. The molecule has 6 heteroatoms. The van der Waals surface area contributed by atoms with Crippen molar-refractivity contribution in [3.63, 3.8) is 0 Å². The number of rotatable bonds is 9. The molecule has 0 aromatic carbocycles. The summed E-state index contributed by atoms with van der Waals surface area (Å²) in [4.78, 5) is 23.1. The number of carbonyl (C=O) groups excluding carboxylic acids is 2. The molecule has 0 aromatic heterocycles. The summed E-state index contributed by atoms with van der Waals surface area (Å²) in [7, 11) is 0. The standard InChI is InChI=1S/C12H22ClNO4/c1-3-5-6-10(11(15)17-8-4-2)14-12(16)18-9-7-13/h10H,3-9H2,1-2H3,(H,14,16). The number of nitrogens with one attached hydrogen (secondary N) is 1. The molecule has 1 atom stereocenters. The number of halogens is 1. The molecule has 106 valence electrons. The Hall–Kier alpha value is -0.970. The molecule has 0 aliphatic rings. The van der Waals surface area contributed by atoms with Crippen molar-refractivity contribution in [2.45, 2.75) is 45.6 Å². The summed E-state index contributed by atoms with van der Waals surface area (Å²) in [6.45, 7) is 4.41. The number of carbonyl (C=O) groups is 2. The number of hydrogen-bond donors (Lipinski definition) is 1. The fraction of sp³-hybridized carbons (Fsp3) is 0.833. The Morgan fingerprint density at radius 1 is 1.17 bits per heavy atom. The lowest BCUT2D eigenvalue weighted by Gasteiger charge is -2.16. The Morgan fingerprint density at radius 3 is 2.44 bits per heavy atom. The molecule has 0 fully saturated rings. The van der Waals surface area contributed by atoms with E-state index in [0.29, 0.717) is 13.0 Å². The van der Waals surface area contributed by atoms with Gasteiger partial charge < -0.3 is 14.8 Å². The summed E-state index contributed by atoms with van der Waals surface area (Å²) in [5.74, 6) is -0.180. The summed E-state index contributed by atoms with van der Waals surface area (Å²) in [6, 6.07) is -0.640. The smallest absolute Gasteiger partial charge is 0.407 e. The largest absolute Gasteiger partial charge is 0.464 e. The third-order valence-corrected chi connectivity index (χ3v) is 2.34. The van der Waals surface area contributed by atoms with Gasteiger partial charge in [-0.1, -0.05) is 26.7 Å². The van der Waals surface area contributed by atoms with Crippen LogP contribution in [0.25, 0.3) is 0 Å². The molecule has 0 aromatic rings. The highest BCUT2D eigenvalue weighted by Gasteiger charge is 2.22. The van der Waals surface area contributed by atoms with Gasteiger partial charge in [0, 0.05) is 0 Å². The quantitative estimate of drug-likeness (QED) is 0.520. The fourth-order valence-electron chi connectivity index (χ4n) is 1.28. The second-order valence-electron chi connectivity index (χ2n) is 3.83. The van der Waals surface area contributed by atoms with Gasteiger partial charge in [0.1, 0.15) is 12.6 Å². The van der Waals surface area contributed by atoms with E-state index in [4.69, 9.17) is 21.1 Å². The molecule has 5 nitrogen and oxygen atoms in total. The van der Waals surface area contributed by atoms with Crippen molar-refractivity contribution in [3.8, 4) is 0 Å². The van der Waals surface area contributed by atoms with Gasteiger partial charge in [0.25, 0.3) is 0 Å². The van der Waals surface area contributed by atoms with E-state index in [2.05, 4.69) is 5.32 Å². The monoisotopic (exact) mass is 279 g/mol. The van der Waals surface area contributed by atoms with Gasteiger partial charge >= 0.3 is 12.1 Å². The lowest BCUT2D eigenvalue weighted by atomic mass is 10.1. The van der Waals surface area contributed by atoms with Gasteiger partial charge in [0.2, 0.25) is 0 Å². The fourth-order valence-corrected chi connectivity index (χ4v) is 1.35. The maximum Gasteiger partial charge on any atom is 0.407 e. The maximum absolute atomic E-state index is 11.7. The van der Waals surface area contributed by atoms with E-state index in [1.54, 1.807) is 0 Å². The normalized spacial score (nSPS) is 11.7. The van der Waals surface area contributed by atoms with E-state index in [9.17, 15) is 9.59 Å². The number of amides is 1. The van der Waals surface area contributed by atoms with Crippen molar-refractivity contribution in [2.24, 2.45) is 0 Å². The summed E-state index contributed by atoms with van der Waals surface area (Å²) in [5.41, 5.74) is 0. The molecule has 0 bridgehead atoms. The van der Waals surface area contributed by atoms with Crippen LogP contribution in [-0.2, 0) is 14.3 Å². The van der Waals surface area contributed by atoms with Crippen LogP contribution in [0, 0.1) is 0 Å². The van der Waals surface area contributed by atoms with E-state index >= 15 is 0 Å². The van der Waals surface area contributed by atoms with Gasteiger partial charge in [-0.25, -0.2) is 9.59 Å². The molecule has 1 amide bonds. The Bertz CT molecular complexity index is 248. The molecule has 0 radical (unpaired) electrons. The minimum absolute atomic E-state index is 0.123. The van der Waals surface area contributed by atoms with Gasteiger partial charge in [0.15, 0.2) is 0 Å². The second-order valence-corrected chi connectivity index (χ2v) is 4.21. The number of hydrogen-bond acceptors (Lipinski definition) is 4. The van der Waals surface area contributed by atoms with E-state index in [1.165, 1.54) is 0 Å². The van der Waals surface area contributed by atoms with E-state index in [0.717, 1.165) is 19.3 Å². The molecular formula is C12H22ClNO4. The van der Waals surface area contributed by atoms with Gasteiger partial charge in [-0.05, 0) is 12.8 Å². The SMILES string of the molecule is CCCCC(NC(=O)OCCCl)C(=O)OCCC. The van der Waals surface area contributed by atoms with E-state index in [-0.39, 0.29) is 12.5 Å². The Labute approximate surface area is 113 Å². The zero-order valence-electron chi connectivity index (χ0n) is 11.0. The Morgan fingerprint density at radius 2 is 1.89 bits per heavy atom. The summed E-state index contributed by atoms with van der Waals surface area (Å²) in [6.07, 6.45) is 2.44. The predicted molar refractivity (Wildman–Crippen MR) is 69.8 cm³/mol. The molecule has 1 N–H and O–H groups in total. The van der Waals surface area contributed by atoms with Gasteiger partial charge in [-0.2, -0.15) is 0 Å². The summed E-state index contributed by atoms with van der Waals surface area (Å²) < 4.78 is 9.79. The van der Waals surface area contributed by atoms with E-state index in [1.807, 2.05) is 13.8 Å². The number of unbranched alkanes of at least 4 members (excludes halogenated alkanes) is 1. The molecule has 0 aliphatic heterocycles. The first kappa shape index (κ1) is 17.0. The number of esters is 1. The lowest BCUT2D eigenvalue weighted by Crippen LogP contribution is -2.42. The van der Waals surface area contributed by atoms with Crippen molar-refractivity contribution < 1.29 is 19.1 Å². The molecule has 0 spiro atoms. The van der Waals surface area contributed by atoms with Crippen LogP contribution in [0.3, 0.4) is 0 Å². The lowest BCUT2D eigenvalue weighted by molar-refractivity contribution is -0.146. The molecule has 18 heavy (non-hydrogen) atoms. The number of alkyl halides is 1. The van der Waals surface area contributed by atoms with Crippen LogP contribution in [0.4, 0.5) is 4.79 Å². The summed E-state index contributed by atoms with van der Waals surface area (Å²) >= 11 is 5.40. The molecule has 0 heterocycles. The van der Waals surface area contributed by atoms with Crippen LogP contribution in [0.1, 0.15) is 39.5 Å². The molecule has 0 saturated carbocycles. The van der Waals surface area contributed by atoms with Crippen LogP contribution < -0.4 is 5.32 Å². The van der Waals surface area contributed by atoms with Crippen LogP contribution in [0.5, 0.6) is 0 Å². The first-order chi connectivity index (χ1) is 8.65. The van der Waals surface area contributed by atoms with Gasteiger partial charge in [-0.3, -0.25) is 0 Å². The van der Waals surface area contributed by atoms with Crippen molar-refractivity contribution in [1.29, 1.82) is 0 Å². The average molecular weight is 280 g/mol. The molecule has 0 rings (SSSR count). The van der Waals surface area contributed by atoms with Crippen molar-refractivity contribution >= 4 is 23.7 Å². The highest BCUT2D eigenvalue weighted by Crippen LogP contribution is 2.04. The Kier molecular flexibility index (Phi) is 10.5. The minimum atomic E-state index is -0.640. The predicted octanol–water partition coefficient (Wildman–Crippen LogP) is 2.46. The molecule has 0 saturated heterocycles. The van der Waals surface area contributed by atoms with Crippen molar-refractivity contribution in [2.75, 3.05) is 19.1 Å². The van der Waals surface area contributed by atoms with E-state index < -0.39 is 18.1 Å². The number of alkyl carbamates (subject to hydrolysis) is 1. The minimum Gasteiger partial charge on any atom is -0.464 e. The zero-order valence-corrected chi connectivity index (χ0v) is 11.8.